The number of halogens is 1. The summed E-state index contributed by atoms with van der Waals surface area (Å²) in [5.41, 5.74) is 0.721. The van der Waals surface area contributed by atoms with Gasteiger partial charge in [-0.3, -0.25) is 10.1 Å². The summed E-state index contributed by atoms with van der Waals surface area (Å²) >= 11 is 7.49. The number of nitrogens with zero attached hydrogens (tertiary/aromatic N) is 2. The van der Waals surface area contributed by atoms with Crippen LogP contribution in [0, 0.1) is 6.92 Å². The molecule has 6 nitrogen and oxygen atoms in total. The lowest BCUT2D eigenvalue weighted by Crippen LogP contribution is -2.07. The van der Waals surface area contributed by atoms with E-state index in [-0.39, 0.29) is 5.91 Å². The summed E-state index contributed by atoms with van der Waals surface area (Å²) in [5, 5.41) is 12.0. The van der Waals surface area contributed by atoms with Crippen LogP contribution in [0.1, 0.15) is 17.5 Å². The molecule has 0 unspecified atom stereocenters. The SMILES string of the molecule is CCOc1c(Cl)cc(/C=C/C(=O)Nc2nnc(C)s2)cc1OC. The normalized spacial score (nSPS) is 10.8. The Hall–Kier alpha value is -2.12. The maximum absolute atomic E-state index is 11.9. The molecule has 0 aliphatic carbocycles. The number of methoxy groups -OCH3 is 1. The molecule has 0 atom stereocenters. The minimum absolute atomic E-state index is 0.301. The van der Waals surface area contributed by atoms with E-state index >= 15 is 0 Å². The zero-order valence-electron chi connectivity index (χ0n) is 12.9. The van der Waals surface area contributed by atoms with Gasteiger partial charge in [-0.2, -0.15) is 0 Å². The number of carbonyl (C=O) groups is 1. The Labute approximate surface area is 143 Å². The summed E-state index contributed by atoms with van der Waals surface area (Å²) in [6, 6.07) is 3.45. The van der Waals surface area contributed by atoms with Gasteiger partial charge in [0.05, 0.1) is 18.7 Å². The first-order valence-electron chi connectivity index (χ1n) is 6.83. The summed E-state index contributed by atoms with van der Waals surface area (Å²) in [7, 11) is 1.53. The molecule has 0 bridgehead atoms. The first kappa shape index (κ1) is 17.2. The van der Waals surface area contributed by atoms with Crippen molar-refractivity contribution in [2.75, 3.05) is 19.0 Å². The molecule has 0 spiro atoms. The Kier molecular flexibility index (Phi) is 5.95. The lowest BCUT2D eigenvalue weighted by Gasteiger charge is -2.11. The largest absolute Gasteiger partial charge is 0.493 e. The minimum atomic E-state index is -0.301. The third-order valence-electron chi connectivity index (χ3n) is 2.72. The van der Waals surface area contributed by atoms with E-state index in [2.05, 4.69) is 15.5 Å². The van der Waals surface area contributed by atoms with Gasteiger partial charge in [-0.1, -0.05) is 22.9 Å². The number of nitrogens with one attached hydrogen (secondary N) is 1. The fourth-order valence-electron chi connectivity index (χ4n) is 1.79. The van der Waals surface area contributed by atoms with E-state index in [1.54, 1.807) is 18.2 Å². The summed E-state index contributed by atoms with van der Waals surface area (Å²) in [5.74, 6) is 0.701. The summed E-state index contributed by atoms with van der Waals surface area (Å²) in [6.07, 6.45) is 3.02. The summed E-state index contributed by atoms with van der Waals surface area (Å²) < 4.78 is 10.7. The van der Waals surface area contributed by atoms with Crippen molar-refractivity contribution in [3.8, 4) is 11.5 Å². The second-order valence-corrected chi connectivity index (χ2v) is 6.00. The molecule has 0 saturated carbocycles. The second-order valence-electron chi connectivity index (χ2n) is 4.42. The number of carbonyl (C=O) groups excluding carboxylic acids is 1. The van der Waals surface area contributed by atoms with E-state index in [0.717, 1.165) is 10.6 Å². The average Bonchev–Trinajstić information content (AvgIpc) is 2.92. The number of rotatable bonds is 6. The van der Waals surface area contributed by atoms with Gasteiger partial charge < -0.3 is 9.47 Å². The van der Waals surface area contributed by atoms with E-state index in [4.69, 9.17) is 21.1 Å². The van der Waals surface area contributed by atoms with Crippen molar-refractivity contribution >= 4 is 40.1 Å². The molecular weight excluding hydrogens is 338 g/mol. The van der Waals surface area contributed by atoms with Gasteiger partial charge in [-0.05, 0) is 37.6 Å². The molecular formula is C15H16ClN3O3S. The highest BCUT2D eigenvalue weighted by Gasteiger charge is 2.11. The molecule has 0 fully saturated rings. The molecule has 1 N–H and O–H groups in total. The van der Waals surface area contributed by atoms with Gasteiger partial charge >= 0.3 is 0 Å². The molecule has 23 heavy (non-hydrogen) atoms. The fourth-order valence-corrected chi connectivity index (χ4v) is 2.65. The number of aryl methyl sites for hydroxylation is 1. The Bertz CT molecular complexity index is 731. The topological polar surface area (TPSA) is 73.3 Å². The van der Waals surface area contributed by atoms with Gasteiger partial charge in [0.1, 0.15) is 5.01 Å². The van der Waals surface area contributed by atoms with Crippen molar-refractivity contribution in [2.45, 2.75) is 13.8 Å². The molecule has 0 aliphatic rings. The predicted octanol–water partition coefficient (Wildman–Crippen LogP) is 3.56. The number of aromatic nitrogens is 2. The standard InChI is InChI=1S/C15H16ClN3O3S/c1-4-22-14-11(16)7-10(8-12(14)21-3)5-6-13(20)17-15-19-18-9(2)23-15/h5-8H,4H2,1-3H3,(H,17,19,20)/b6-5+. The number of amides is 1. The van der Waals surface area contributed by atoms with Crippen LogP contribution in [-0.2, 0) is 4.79 Å². The lowest BCUT2D eigenvalue weighted by atomic mass is 10.2. The van der Waals surface area contributed by atoms with Crippen molar-refractivity contribution in [1.82, 2.24) is 10.2 Å². The lowest BCUT2D eigenvalue weighted by molar-refractivity contribution is -0.111. The predicted molar refractivity (Wildman–Crippen MR) is 91.5 cm³/mol. The van der Waals surface area contributed by atoms with E-state index in [0.29, 0.717) is 28.3 Å². The molecule has 0 saturated heterocycles. The van der Waals surface area contributed by atoms with E-state index < -0.39 is 0 Å². The first-order chi connectivity index (χ1) is 11.0. The van der Waals surface area contributed by atoms with Crippen LogP contribution in [0.2, 0.25) is 5.02 Å². The average molecular weight is 354 g/mol. The second kappa shape index (κ2) is 7.94. The number of hydrogen-bond acceptors (Lipinski definition) is 6. The van der Waals surface area contributed by atoms with Crippen LogP contribution in [0.25, 0.3) is 6.08 Å². The van der Waals surface area contributed by atoms with Gasteiger partial charge in [0.25, 0.3) is 0 Å². The van der Waals surface area contributed by atoms with Crippen molar-refractivity contribution < 1.29 is 14.3 Å². The van der Waals surface area contributed by atoms with Gasteiger partial charge in [0.15, 0.2) is 11.5 Å². The van der Waals surface area contributed by atoms with Crippen LogP contribution in [0.3, 0.4) is 0 Å². The van der Waals surface area contributed by atoms with Crippen LogP contribution in [0.5, 0.6) is 11.5 Å². The molecule has 0 aliphatic heterocycles. The van der Waals surface area contributed by atoms with E-state index in [1.165, 1.54) is 24.5 Å². The number of ether oxygens (including phenoxy) is 2. The highest BCUT2D eigenvalue weighted by molar-refractivity contribution is 7.15. The number of hydrogen-bond donors (Lipinski definition) is 1. The minimum Gasteiger partial charge on any atom is -0.493 e. The van der Waals surface area contributed by atoms with Gasteiger partial charge in [-0.15, -0.1) is 10.2 Å². The highest BCUT2D eigenvalue weighted by atomic mass is 35.5. The molecule has 122 valence electrons. The van der Waals surface area contributed by atoms with E-state index in [9.17, 15) is 4.79 Å². The number of anilines is 1. The molecule has 1 heterocycles. The monoisotopic (exact) mass is 353 g/mol. The molecule has 0 radical (unpaired) electrons. The van der Waals surface area contributed by atoms with Crippen molar-refractivity contribution in [3.05, 3.63) is 33.8 Å². The molecule has 1 aromatic heterocycles. The number of benzene rings is 1. The van der Waals surface area contributed by atoms with Gasteiger partial charge in [0, 0.05) is 6.08 Å². The first-order valence-corrected chi connectivity index (χ1v) is 8.02. The van der Waals surface area contributed by atoms with Crippen molar-refractivity contribution in [2.24, 2.45) is 0 Å². The van der Waals surface area contributed by atoms with Crippen LogP contribution in [-0.4, -0.2) is 29.8 Å². The van der Waals surface area contributed by atoms with Crippen molar-refractivity contribution in [1.29, 1.82) is 0 Å². The molecule has 2 aromatic rings. The van der Waals surface area contributed by atoms with Gasteiger partial charge in [-0.25, -0.2) is 0 Å². The van der Waals surface area contributed by atoms with Crippen LogP contribution in [0.15, 0.2) is 18.2 Å². The van der Waals surface area contributed by atoms with Crippen LogP contribution < -0.4 is 14.8 Å². The third kappa shape index (κ3) is 4.67. The summed E-state index contributed by atoms with van der Waals surface area (Å²) in [6.45, 7) is 4.16. The summed E-state index contributed by atoms with van der Waals surface area (Å²) in [4.78, 5) is 11.9. The van der Waals surface area contributed by atoms with E-state index in [1.807, 2.05) is 13.8 Å². The zero-order valence-corrected chi connectivity index (χ0v) is 14.5. The quantitative estimate of drug-likeness (QED) is 0.804. The highest BCUT2D eigenvalue weighted by Crippen LogP contribution is 2.36. The van der Waals surface area contributed by atoms with Gasteiger partial charge in [0.2, 0.25) is 11.0 Å². The fraction of sp³-hybridized carbons (Fsp3) is 0.267. The Morgan fingerprint density at radius 1 is 1.43 bits per heavy atom. The van der Waals surface area contributed by atoms with Crippen LogP contribution in [0.4, 0.5) is 5.13 Å². The maximum atomic E-state index is 11.9. The molecule has 1 amide bonds. The Balaban J connectivity index is 2.12. The Morgan fingerprint density at radius 3 is 2.83 bits per heavy atom. The molecule has 2 rings (SSSR count). The molecule has 1 aromatic carbocycles. The Morgan fingerprint density at radius 2 is 2.22 bits per heavy atom. The molecule has 8 heteroatoms. The third-order valence-corrected chi connectivity index (χ3v) is 3.76. The van der Waals surface area contributed by atoms with Crippen LogP contribution >= 0.6 is 22.9 Å². The maximum Gasteiger partial charge on any atom is 0.250 e. The van der Waals surface area contributed by atoms with Crippen molar-refractivity contribution in [3.63, 3.8) is 0 Å². The smallest absolute Gasteiger partial charge is 0.250 e. The zero-order chi connectivity index (χ0) is 16.8.